The van der Waals surface area contributed by atoms with Crippen molar-refractivity contribution < 1.29 is 17.9 Å². The minimum absolute atomic E-state index is 0. The highest BCUT2D eigenvalue weighted by Gasteiger charge is 2.15. The first-order valence-electron chi connectivity index (χ1n) is 9.43. The van der Waals surface area contributed by atoms with E-state index < -0.39 is 21.7 Å². The molecule has 168 valence electrons. The predicted octanol–water partition coefficient (Wildman–Crippen LogP) is 1.75. The number of hydrogen-bond acceptors (Lipinski definition) is 5. The number of carbonyl (C=O) groups excluding carboxylic acids is 1. The molecule has 3 N–H and O–H groups in total. The fourth-order valence-electron chi connectivity index (χ4n) is 2.14. The first-order valence-corrected chi connectivity index (χ1v) is 11.3. The summed E-state index contributed by atoms with van der Waals surface area (Å²) in [5.41, 5.74) is -0.505. The SMILES string of the molecule is CCNC(=NCCCNC(=O)OC(C)(C)C)NCCCN(CC)S(C)(=O)=O.I. The molecule has 0 rings (SSSR count). The summed E-state index contributed by atoms with van der Waals surface area (Å²) in [6, 6.07) is 0. The van der Waals surface area contributed by atoms with Crippen LogP contribution >= 0.6 is 24.0 Å². The lowest BCUT2D eigenvalue weighted by Crippen LogP contribution is -2.39. The fraction of sp³-hybridized carbons (Fsp3) is 0.882. The third kappa shape index (κ3) is 16.2. The number of nitrogens with one attached hydrogen (secondary N) is 3. The molecule has 1 amide bonds. The van der Waals surface area contributed by atoms with Gasteiger partial charge in [0.15, 0.2) is 5.96 Å². The van der Waals surface area contributed by atoms with Crippen LogP contribution in [0.25, 0.3) is 0 Å². The molecule has 0 heterocycles. The molecule has 0 fully saturated rings. The Labute approximate surface area is 187 Å². The molecule has 0 aliphatic carbocycles. The summed E-state index contributed by atoms with van der Waals surface area (Å²) < 4.78 is 29.7. The third-order valence-corrected chi connectivity index (χ3v) is 4.69. The molecular formula is C17H38IN5O4S. The van der Waals surface area contributed by atoms with Gasteiger partial charge in [-0.15, -0.1) is 24.0 Å². The number of hydrogen-bond donors (Lipinski definition) is 3. The van der Waals surface area contributed by atoms with E-state index in [9.17, 15) is 13.2 Å². The zero-order valence-corrected chi connectivity index (χ0v) is 21.1. The number of sulfonamides is 1. The molecule has 0 aromatic rings. The van der Waals surface area contributed by atoms with Gasteiger partial charge < -0.3 is 20.7 Å². The molecule has 11 heteroatoms. The van der Waals surface area contributed by atoms with E-state index in [0.717, 1.165) is 6.54 Å². The number of rotatable bonds is 11. The summed E-state index contributed by atoms with van der Waals surface area (Å²) in [5, 5.41) is 9.02. The van der Waals surface area contributed by atoms with Crippen molar-refractivity contribution in [3.05, 3.63) is 0 Å². The lowest BCUT2D eigenvalue weighted by Gasteiger charge is -2.19. The number of halogens is 1. The molecule has 0 aromatic carbocycles. The highest BCUT2D eigenvalue weighted by atomic mass is 127. The summed E-state index contributed by atoms with van der Waals surface area (Å²) in [5.74, 6) is 0.678. The van der Waals surface area contributed by atoms with Crippen LogP contribution in [-0.2, 0) is 14.8 Å². The number of guanidine groups is 1. The Morgan fingerprint density at radius 3 is 2.18 bits per heavy atom. The lowest BCUT2D eigenvalue weighted by molar-refractivity contribution is 0.0527. The molecule has 28 heavy (non-hydrogen) atoms. The normalized spacial score (nSPS) is 12.3. The monoisotopic (exact) mass is 535 g/mol. The summed E-state index contributed by atoms with van der Waals surface area (Å²) in [6.07, 6.45) is 2.17. The Hall–Kier alpha value is -0.820. The maximum absolute atomic E-state index is 11.6. The number of nitrogens with zero attached hydrogens (tertiary/aromatic N) is 2. The average Bonchev–Trinajstić information content (AvgIpc) is 2.51. The number of alkyl carbamates (subject to hydrolysis) is 1. The Morgan fingerprint density at radius 2 is 1.68 bits per heavy atom. The fourth-order valence-corrected chi connectivity index (χ4v) is 3.07. The summed E-state index contributed by atoms with van der Waals surface area (Å²) in [6.45, 7) is 12.6. The Kier molecular flexibility index (Phi) is 15.8. The van der Waals surface area contributed by atoms with Crippen molar-refractivity contribution in [2.24, 2.45) is 4.99 Å². The van der Waals surface area contributed by atoms with Crippen LogP contribution < -0.4 is 16.0 Å². The second-order valence-corrected chi connectivity index (χ2v) is 9.06. The van der Waals surface area contributed by atoms with Crippen molar-refractivity contribution in [2.75, 3.05) is 45.5 Å². The smallest absolute Gasteiger partial charge is 0.407 e. The van der Waals surface area contributed by atoms with E-state index in [-0.39, 0.29) is 24.0 Å². The van der Waals surface area contributed by atoms with Crippen LogP contribution in [0, 0.1) is 0 Å². The predicted molar refractivity (Wildman–Crippen MR) is 125 cm³/mol. The summed E-state index contributed by atoms with van der Waals surface area (Å²) in [4.78, 5) is 16.0. The number of carbonyl (C=O) groups is 1. The standard InChI is InChI=1S/C17H37N5O4S.HI/c1-7-18-15(20-13-10-14-22(8-2)27(6,24)25)19-11-9-12-21-16(23)26-17(3,4)5;/h7-14H2,1-6H3,(H,21,23)(H2,18,19,20);1H. The molecule has 0 saturated heterocycles. The van der Waals surface area contributed by atoms with Gasteiger partial charge in [-0.05, 0) is 40.5 Å². The van der Waals surface area contributed by atoms with Crippen LogP contribution in [-0.4, -0.2) is 75.9 Å². The van der Waals surface area contributed by atoms with E-state index in [0.29, 0.717) is 51.5 Å². The van der Waals surface area contributed by atoms with Gasteiger partial charge in [0.05, 0.1) is 6.26 Å². The van der Waals surface area contributed by atoms with Gasteiger partial charge in [-0.3, -0.25) is 4.99 Å². The van der Waals surface area contributed by atoms with Gasteiger partial charge in [-0.2, -0.15) is 0 Å². The third-order valence-electron chi connectivity index (χ3n) is 3.32. The molecule has 0 radical (unpaired) electrons. The number of ether oxygens (including phenoxy) is 1. The Morgan fingerprint density at radius 1 is 1.07 bits per heavy atom. The molecule has 0 aliphatic rings. The summed E-state index contributed by atoms with van der Waals surface area (Å²) in [7, 11) is -3.15. The maximum Gasteiger partial charge on any atom is 0.407 e. The van der Waals surface area contributed by atoms with E-state index in [2.05, 4.69) is 20.9 Å². The Bertz CT molecular complexity index is 564. The molecule has 0 atom stereocenters. The first-order chi connectivity index (χ1) is 12.5. The van der Waals surface area contributed by atoms with Crippen molar-refractivity contribution in [1.29, 1.82) is 0 Å². The second kappa shape index (κ2) is 15.1. The van der Waals surface area contributed by atoms with Crippen molar-refractivity contribution in [3.8, 4) is 0 Å². The van der Waals surface area contributed by atoms with Crippen molar-refractivity contribution >= 4 is 46.1 Å². The van der Waals surface area contributed by atoms with Gasteiger partial charge >= 0.3 is 6.09 Å². The van der Waals surface area contributed by atoms with Crippen molar-refractivity contribution in [2.45, 2.75) is 53.1 Å². The zero-order chi connectivity index (χ0) is 20.9. The number of aliphatic imine (C=N–C) groups is 1. The molecule has 0 bridgehead atoms. The van der Waals surface area contributed by atoms with E-state index in [1.807, 2.05) is 34.6 Å². The van der Waals surface area contributed by atoms with Gasteiger partial charge in [0.2, 0.25) is 10.0 Å². The van der Waals surface area contributed by atoms with Crippen molar-refractivity contribution in [3.63, 3.8) is 0 Å². The largest absolute Gasteiger partial charge is 0.444 e. The van der Waals surface area contributed by atoms with Gasteiger partial charge in [0.1, 0.15) is 5.60 Å². The number of amides is 1. The second-order valence-electron chi connectivity index (χ2n) is 7.08. The van der Waals surface area contributed by atoms with Gasteiger partial charge in [-0.1, -0.05) is 6.92 Å². The summed E-state index contributed by atoms with van der Waals surface area (Å²) >= 11 is 0. The van der Waals surface area contributed by atoms with Crippen LogP contribution in [0.4, 0.5) is 4.79 Å². The minimum Gasteiger partial charge on any atom is -0.444 e. The van der Waals surface area contributed by atoms with E-state index in [4.69, 9.17) is 4.74 Å². The van der Waals surface area contributed by atoms with Crippen LogP contribution in [0.5, 0.6) is 0 Å². The topological polar surface area (TPSA) is 112 Å². The van der Waals surface area contributed by atoms with Crippen LogP contribution in [0.1, 0.15) is 47.5 Å². The average molecular weight is 535 g/mol. The van der Waals surface area contributed by atoms with Gasteiger partial charge in [-0.25, -0.2) is 17.5 Å². The highest BCUT2D eigenvalue weighted by Crippen LogP contribution is 2.06. The molecule has 9 nitrogen and oxygen atoms in total. The highest BCUT2D eigenvalue weighted by molar-refractivity contribution is 14.0. The first kappa shape index (κ1) is 29.4. The molecule has 0 saturated carbocycles. The molecule has 0 aliphatic heterocycles. The van der Waals surface area contributed by atoms with E-state index in [1.54, 1.807) is 0 Å². The Balaban J connectivity index is 0. The molecular weight excluding hydrogens is 497 g/mol. The van der Waals surface area contributed by atoms with E-state index >= 15 is 0 Å². The zero-order valence-electron chi connectivity index (χ0n) is 18.0. The van der Waals surface area contributed by atoms with Crippen LogP contribution in [0.3, 0.4) is 0 Å². The van der Waals surface area contributed by atoms with Crippen LogP contribution in [0.2, 0.25) is 0 Å². The molecule has 0 spiro atoms. The quantitative estimate of drug-likeness (QED) is 0.161. The van der Waals surface area contributed by atoms with E-state index in [1.165, 1.54) is 10.6 Å². The maximum atomic E-state index is 11.6. The van der Waals surface area contributed by atoms with Gasteiger partial charge in [0.25, 0.3) is 0 Å². The minimum atomic E-state index is -3.15. The van der Waals surface area contributed by atoms with Crippen LogP contribution in [0.15, 0.2) is 4.99 Å². The lowest BCUT2D eigenvalue weighted by atomic mass is 10.2. The molecule has 0 aromatic heterocycles. The molecule has 0 unspecified atom stereocenters. The van der Waals surface area contributed by atoms with Crippen molar-refractivity contribution in [1.82, 2.24) is 20.3 Å². The van der Waals surface area contributed by atoms with Gasteiger partial charge in [0, 0.05) is 39.3 Å².